The van der Waals surface area contributed by atoms with E-state index in [0.717, 1.165) is 25.8 Å². The van der Waals surface area contributed by atoms with Crippen LogP contribution in [0.2, 0.25) is 0 Å². The Kier molecular flexibility index (Phi) is 6.23. The zero-order valence-corrected chi connectivity index (χ0v) is 15.6. The highest BCUT2D eigenvalue weighted by molar-refractivity contribution is 7.88. The van der Waals surface area contributed by atoms with Gasteiger partial charge in [-0.2, -0.15) is 0 Å². The summed E-state index contributed by atoms with van der Waals surface area (Å²) in [5, 5.41) is 0. The van der Waals surface area contributed by atoms with Gasteiger partial charge in [-0.15, -0.1) is 0 Å². The minimum absolute atomic E-state index is 0.434. The molecule has 1 saturated heterocycles. The molecule has 2 atom stereocenters. The van der Waals surface area contributed by atoms with Crippen molar-refractivity contribution >= 4 is 10.0 Å². The third-order valence-corrected chi connectivity index (χ3v) is 6.17. The van der Waals surface area contributed by atoms with Gasteiger partial charge in [0, 0.05) is 25.7 Å². The molecule has 0 bridgehead atoms. The summed E-state index contributed by atoms with van der Waals surface area (Å²) in [5.74, 6) is 0.434. The molecule has 0 aliphatic carbocycles. The number of benzene rings is 1. The van der Waals surface area contributed by atoms with Gasteiger partial charge in [0.15, 0.2) is 0 Å². The van der Waals surface area contributed by atoms with Gasteiger partial charge >= 0.3 is 0 Å². The smallest absolute Gasteiger partial charge is 0.211 e. The lowest BCUT2D eigenvalue weighted by Gasteiger charge is -2.35. The summed E-state index contributed by atoms with van der Waals surface area (Å²) in [4.78, 5) is 2.37. The van der Waals surface area contributed by atoms with E-state index in [0.29, 0.717) is 25.0 Å². The fourth-order valence-electron chi connectivity index (χ4n) is 3.29. The summed E-state index contributed by atoms with van der Waals surface area (Å²) in [5.41, 5.74) is 2.65. The van der Waals surface area contributed by atoms with Crippen molar-refractivity contribution < 1.29 is 8.42 Å². The van der Waals surface area contributed by atoms with Gasteiger partial charge in [0.2, 0.25) is 10.0 Å². The number of piperidine rings is 1. The Morgan fingerprint density at radius 3 is 2.57 bits per heavy atom. The first-order valence-corrected chi connectivity index (χ1v) is 10.3. The van der Waals surface area contributed by atoms with Crippen LogP contribution in [0.1, 0.15) is 30.9 Å². The first-order chi connectivity index (χ1) is 10.8. The van der Waals surface area contributed by atoms with Gasteiger partial charge in [-0.05, 0) is 51.6 Å². The van der Waals surface area contributed by atoms with E-state index < -0.39 is 10.0 Å². The van der Waals surface area contributed by atoms with Gasteiger partial charge in [0.25, 0.3) is 0 Å². The maximum absolute atomic E-state index is 11.7. The average molecular weight is 339 g/mol. The summed E-state index contributed by atoms with van der Waals surface area (Å²) in [6.45, 7) is 6.66. The molecule has 1 aliphatic rings. The van der Waals surface area contributed by atoms with E-state index in [9.17, 15) is 8.42 Å². The standard InChI is InChI=1S/C18H30N2O2S/c1-15-7-9-17(10-8-15)12-16(2)19(3)13-18-6-5-11-20(14-18)23(4,21)22/h7-10,16,18H,5-6,11-14H2,1-4H3. The van der Waals surface area contributed by atoms with Gasteiger partial charge < -0.3 is 4.90 Å². The lowest BCUT2D eigenvalue weighted by Crippen LogP contribution is -2.44. The molecule has 0 spiro atoms. The molecular weight excluding hydrogens is 308 g/mol. The van der Waals surface area contributed by atoms with Crippen molar-refractivity contribution in [3.05, 3.63) is 35.4 Å². The molecule has 1 aromatic rings. The number of sulfonamides is 1. The summed E-state index contributed by atoms with van der Waals surface area (Å²) >= 11 is 0. The molecule has 2 unspecified atom stereocenters. The van der Waals surface area contributed by atoms with Crippen LogP contribution >= 0.6 is 0 Å². The normalized spacial score (nSPS) is 21.5. The van der Waals surface area contributed by atoms with E-state index in [2.05, 4.69) is 50.1 Å². The molecule has 0 radical (unpaired) electrons. The molecule has 130 valence electrons. The number of nitrogens with zero attached hydrogens (tertiary/aromatic N) is 2. The largest absolute Gasteiger partial charge is 0.303 e. The number of hydrogen-bond donors (Lipinski definition) is 0. The van der Waals surface area contributed by atoms with E-state index in [-0.39, 0.29) is 0 Å². The van der Waals surface area contributed by atoms with Gasteiger partial charge in [0.05, 0.1) is 6.26 Å². The zero-order chi connectivity index (χ0) is 17.0. The minimum Gasteiger partial charge on any atom is -0.303 e. The average Bonchev–Trinajstić information content (AvgIpc) is 2.49. The van der Waals surface area contributed by atoms with Crippen molar-refractivity contribution in [2.24, 2.45) is 5.92 Å². The van der Waals surface area contributed by atoms with Crippen molar-refractivity contribution in [2.75, 3.05) is 32.9 Å². The van der Waals surface area contributed by atoms with E-state index in [4.69, 9.17) is 0 Å². The van der Waals surface area contributed by atoms with Crippen LogP contribution in [0.25, 0.3) is 0 Å². The number of aryl methyl sites for hydroxylation is 1. The Bertz CT molecular complexity index is 598. The molecule has 0 amide bonds. The van der Waals surface area contributed by atoms with E-state index in [1.807, 2.05) is 0 Å². The Morgan fingerprint density at radius 2 is 1.96 bits per heavy atom. The highest BCUT2D eigenvalue weighted by atomic mass is 32.2. The summed E-state index contributed by atoms with van der Waals surface area (Å²) in [6, 6.07) is 9.17. The minimum atomic E-state index is -3.05. The van der Waals surface area contributed by atoms with Gasteiger partial charge in [-0.1, -0.05) is 29.8 Å². The van der Waals surface area contributed by atoms with E-state index in [1.165, 1.54) is 17.4 Å². The highest BCUT2D eigenvalue weighted by Gasteiger charge is 2.27. The number of hydrogen-bond acceptors (Lipinski definition) is 3. The van der Waals surface area contributed by atoms with Crippen molar-refractivity contribution in [3.8, 4) is 0 Å². The maximum atomic E-state index is 11.7. The topological polar surface area (TPSA) is 40.6 Å². The second-order valence-corrected chi connectivity index (χ2v) is 9.09. The third-order valence-electron chi connectivity index (χ3n) is 4.90. The van der Waals surface area contributed by atoms with Crippen LogP contribution in [0.3, 0.4) is 0 Å². The van der Waals surface area contributed by atoms with Crippen molar-refractivity contribution in [1.82, 2.24) is 9.21 Å². The highest BCUT2D eigenvalue weighted by Crippen LogP contribution is 2.20. The van der Waals surface area contributed by atoms with Crippen LogP contribution in [0.5, 0.6) is 0 Å². The Hall–Kier alpha value is -0.910. The number of likely N-dealkylation sites (N-methyl/N-ethyl adjacent to an activating group) is 1. The summed E-state index contributed by atoms with van der Waals surface area (Å²) in [6.07, 6.45) is 4.43. The maximum Gasteiger partial charge on any atom is 0.211 e. The Morgan fingerprint density at radius 1 is 1.30 bits per heavy atom. The molecular formula is C18H30N2O2S. The molecule has 1 aliphatic heterocycles. The van der Waals surface area contributed by atoms with Crippen LogP contribution in [0.4, 0.5) is 0 Å². The third kappa shape index (κ3) is 5.59. The van der Waals surface area contributed by atoms with Crippen molar-refractivity contribution in [2.45, 2.75) is 39.2 Å². The predicted octanol–water partition coefficient (Wildman–Crippen LogP) is 2.53. The van der Waals surface area contributed by atoms with E-state index in [1.54, 1.807) is 4.31 Å². The quantitative estimate of drug-likeness (QED) is 0.800. The Balaban J connectivity index is 1.87. The molecule has 1 fully saturated rings. The van der Waals surface area contributed by atoms with Crippen molar-refractivity contribution in [1.29, 1.82) is 0 Å². The summed E-state index contributed by atoms with van der Waals surface area (Å²) in [7, 11) is -0.902. The molecule has 0 N–H and O–H groups in total. The summed E-state index contributed by atoms with van der Waals surface area (Å²) < 4.78 is 25.1. The molecule has 4 nitrogen and oxygen atoms in total. The van der Waals surface area contributed by atoms with Gasteiger partial charge in [-0.25, -0.2) is 12.7 Å². The van der Waals surface area contributed by atoms with E-state index >= 15 is 0 Å². The molecule has 0 saturated carbocycles. The van der Waals surface area contributed by atoms with Crippen LogP contribution < -0.4 is 0 Å². The predicted molar refractivity (Wildman–Crippen MR) is 96.1 cm³/mol. The molecule has 2 rings (SSSR count). The van der Waals surface area contributed by atoms with Crippen molar-refractivity contribution in [3.63, 3.8) is 0 Å². The fraction of sp³-hybridized carbons (Fsp3) is 0.667. The first kappa shape index (κ1) is 18.4. The lowest BCUT2D eigenvalue weighted by atomic mass is 9.97. The molecule has 0 aromatic heterocycles. The van der Waals surface area contributed by atoms with Crippen LogP contribution in [-0.4, -0.2) is 56.6 Å². The van der Waals surface area contributed by atoms with Gasteiger partial charge in [-0.3, -0.25) is 0 Å². The fourth-order valence-corrected chi connectivity index (χ4v) is 4.23. The zero-order valence-electron chi connectivity index (χ0n) is 14.8. The molecule has 1 heterocycles. The second kappa shape index (κ2) is 7.77. The van der Waals surface area contributed by atoms with Crippen LogP contribution in [0.15, 0.2) is 24.3 Å². The number of rotatable bonds is 6. The SMILES string of the molecule is Cc1ccc(CC(C)N(C)CC2CCCN(S(C)(=O)=O)C2)cc1. The molecule has 1 aromatic carbocycles. The Labute approximate surface area is 141 Å². The first-order valence-electron chi connectivity index (χ1n) is 8.46. The second-order valence-electron chi connectivity index (χ2n) is 7.11. The molecule has 23 heavy (non-hydrogen) atoms. The lowest BCUT2D eigenvalue weighted by molar-refractivity contribution is 0.170. The van der Waals surface area contributed by atoms with Crippen LogP contribution in [0, 0.1) is 12.8 Å². The molecule has 5 heteroatoms. The van der Waals surface area contributed by atoms with Crippen LogP contribution in [-0.2, 0) is 16.4 Å². The monoisotopic (exact) mass is 338 g/mol. The van der Waals surface area contributed by atoms with Gasteiger partial charge in [0.1, 0.15) is 0 Å².